The molecule has 21 heavy (non-hydrogen) atoms. The second-order valence-corrected chi connectivity index (χ2v) is 6.89. The zero-order valence-corrected chi connectivity index (χ0v) is 13.5. The maximum Gasteiger partial charge on any atom is 0.240 e. The van der Waals surface area contributed by atoms with Crippen LogP contribution >= 0.6 is 0 Å². The summed E-state index contributed by atoms with van der Waals surface area (Å²) >= 11 is 0. The summed E-state index contributed by atoms with van der Waals surface area (Å²) in [6, 6.07) is 5.39. The molecular formula is C15H20N2O3S. The summed E-state index contributed by atoms with van der Waals surface area (Å²) in [7, 11) is -3.50. The molecule has 1 aromatic carbocycles. The van der Waals surface area contributed by atoms with E-state index >= 15 is 0 Å². The number of sulfonamides is 1. The number of nitrogens with zero attached hydrogens (tertiary/aromatic N) is 1. The largest absolute Gasteiger partial charge is 0.446 e. The summed E-state index contributed by atoms with van der Waals surface area (Å²) in [5, 5.41) is 0. The number of benzene rings is 1. The molecule has 1 N–H and O–H groups in total. The molecule has 0 aliphatic carbocycles. The Balaban J connectivity index is 2.08. The standard InChI is InChI=1S/C15H20N2O3S/c1-10-5-6-11(2)15(9-10)21(18,19)16-8-7-14-12(3)17-13(4)20-14/h5-6,9,16H,7-8H2,1-4H3. The molecule has 5 nitrogen and oxygen atoms in total. The first-order chi connectivity index (χ1) is 9.79. The lowest BCUT2D eigenvalue weighted by Crippen LogP contribution is -2.26. The van der Waals surface area contributed by atoms with Gasteiger partial charge in [-0.05, 0) is 38.0 Å². The first kappa shape index (κ1) is 15.7. The summed E-state index contributed by atoms with van der Waals surface area (Å²) in [6.45, 7) is 7.57. The molecule has 0 fully saturated rings. The van der Waals surface area contributed by atoms with E-state index in [9.17, 15) is 8.42 Å². The Morgan fingerprint density at radius 1 is 1.19 bits per heavy atom. The van der Waals surface area contributed by atoms with Gasteiger partial charge in [0.05, 0.1) is 10.6 Å². The Labute approximate surface area is 125 Å². The highest BCUT2D eigenvalue weighted by Crippen LogP contribution is 2.17. The Morgan fingerprint density at radius 2 is 1.90 bits per heavy atom. The van der Waals surface area contributed by atoms with Crippen LogP contribution in [0.1, 0.15) is 28.5 Å². The van der Waals surface area contributed by atoms with Gasteiger partial charge in [0.1, 0.15) is 5.76 Å². The van der Waals surface area contributed by atoms with Gasteiger partial charge in [-0.2, -0.15) is 0 Å². The summed E-state index contributed by atoms with van der Waals surface area (Å²) in [5.41, 5.74) is 2.46. The van der Waals surface area contributed by atoms with Gasteiger partial charge in [0.15, 0.2) is 5.89 Å². The second-order valence-electron chi connectivity index (χ2n) is 5.16. The Morgan fingerprint density at radius 3 is 2.52 bits per heavy atom. The van der Waals surface area contributed by atoms with E-state index in [0.29, 0.717) is 17.2 Å². The van der Waals surface area contributed by atoms with E-state index in [0.717, 1.165) is 22.6 Å². The summed E-state index contributed by atoms with van der Waals surface area (Å²) in [4.78, 5) is 4.49. The smallest absolute Gasteiger partial charge is 0.240 e. The van der Waals surface area contributed by atoms with Crippen molar-refractivity contribution in [3.05, 3.63) is 46.7 Å². The van der Waals surface area contributed by atoms with Gasteiger partial charge < -0.3 is 4.42 Å². The van der Waals surface area contributed by atoms with Crippen LogP contribution in [0.5, 0.6) is 0 Å². The normalized spacial score (nSPS) is 11.8. The van der Waals surface area contributed by atoms with Crippen molar-refractivity contribution in [2.45, 2.75) is 39.0 Å². The molecular weight excluding hydrogens is 288 g/mol. The molecule has 0 saturated heterocycles. The number of oxazole rings is 1. The van der Waals surface area contributed by atoms with Crippen LogP contribution in [-0.4, -0.2) is 19.9 Å². The fraction of sp³-hybridized carbons (Fsp3) is 0.400. The average molecular weight is 308 g/mol. The minimum atomic E-state index is -3.50. The van der Waals surface area contributed by atoms with Crippen molar-refractivity contribution in [3.63, 3.8) is 0 Å². The van der Waals surface area contributed by atoms with Gasteiger partial charge in [0.2, 0.25) is 10.0 Å². The van der Waals surface area contributed by atoms with E-state index in [4.69, 9.17) is 4.42 Å². The SMILES string of the molecule is Cc1ccc(C)c(S(=O)(=O)NCCc2oc(C)nc2C)c1. The minimum Gasteiger partial charge on any atom is -0.446 e. The van der Waals surface area contributed by atoms with Crippen molar-refractivity contribution >= 4 is 10.0 Å². The van der Waals surface area contributed by atoms with E-state index < -0.39 is 10.0 Å². The van der Waals surface area contributed by atoms with Gasteiger partial charge in [-0.3, -0.25) is 0 Å². The fourth-order valence-electron chi connectivity index (χ4n) is 2.18. The minimum absolute atomic E-state index is 0.283. The third-order valence-electron chi connectivity index (χ3n) is 3.28. The molecule has 2 aromatic rings. The molecule has 0 radical (unpaired) electrons. The number of aromatic nitrogens is 1. The average Bonchev–Trinajstić information content (AvgIpc) is 2.70. The summed E-state index contributed by atoms with van der Waals surface area (Å²) < 4.78 is 32.7. The van der Waals surface area contributed by atoms with E-state index in [1.54, 1.807) is 19.9 Å². The second kappa shape index (κ2) is 5.99. The maximum absolute atomic E-state index is 12.3. The number of nitrogens with one attached hydrogen (secondary N) is 1. The third-order valence-corrected chi connectivity index (χ3v) is 4.88. The monoisotopic (exact) mass is 308 g/mol. The number of hydrogen-bond acceptors (Lipinski definition) is 4. The zero-order chi connectivity index (χ0) is 15.6. The first-order valence-corrected chi connectivity index (χ1v) is 8.28. The Hall–Kier alpha value is -1.66. The lowest BCUT2D eigenvalue weighted by atomic mass is 10.2. The number of hydrogen-bond donors (Lipinski definition) is 1. The van der Waals surface area contributed by atoms with Crippen molar-refractivity contribution in [2.75, 3.05) is 6.54 Å². The van der Waals surface area contributed by atoms with Crippen LogP contribution in [0.2, 0.25) is 0 Å². The van der Waals surface area contributed by atoms with Crippen LogP contribution < -0.4 is 4.72 Å². The number of rotatable bonds is 5. The molecule has 1 heterocycles. The van der Waals surface area contributed by atoms with Crippen molar-refractivity contribution in [1.82, 2.24) is 9.71 Å². The van der Waals surface area contributed by atoms with Crippen molar-refractivity contribution in [2.24, 2.45) is 0 Å². The predicted molar refractivity (Wildman–Crippen MR) is 80.8 cm³/mol. The highest BCUT2D eigenvalue weighted by Gasteiger charge is 2.17. The van der Waals surface area contributed by atoms with Gasteiger partial charge in [-0.15, -0.1) is 0 Å². The highest BCUT2D eigenvalue weighted by atomic mass is 32.2. The molecule has 6 heteroatoms. The van der Waals surface area contributed by atoms with Crippen LogP contribution in [0, 0.1) is 27.7 Å². The van der Waals surface area contributed by atoms with Gasteiger partial charge in [0.25, 0.3) is 0 Å². The van der Waals surface area contributed by atoms with Crippen LogP contribution in [-0.2, 0) is 16.4 Å². The molecule has 0 atom stereocenters. The van der Waals surface area contributed by atoms with Crippen molar-refractivity contribution < 1.29 is 12.8 Å². The summed E-state index contributed by atoms with van der Waals surface area (Å²) in [5.74, 6) is 1.32. The van der Waals surface area contributed by atoms with Gasteiger partial charge in [-0.1, -0.05) is 12.1 Å². The van der Waals surface area contributed by atoms with Gasteiger partial charge >= 0.3 is 0 Å². The van der Waals surface area contributed by atoms with E-state index in [1.165, 1.54) is 0 Å². The molecule has 0 amide bonds. The molecule has 2 rings (SSSR count). The number of aryl methyl sites for hydroxylation is 4. The van der Waals surface area contributed by atoms with Crippen molar-refractivity contribution in [3.8, 4) is 0 Å². The predicted octanol–water partition coefficient (Wildman–Crippen LogP) is 2.43. The molecule has 0 aliphatic rings. The summed E-state index contributed by atoms with van der Waals surface area (Å²) in [6.07, 6.45) is 0.483. The van der Waals surface area contributed by atoms with Crippen LogP contribution in [0.3, 0.4) is 0 Å². The molecule has 0 aliphatic heterocycles. The van der Waals surface area contributed by atoms with Crippen LogP contribution in [0.4, 0.5) is 0 Å². The quantitative estimate of drug-likeness (QED) is 0.921. The van der Waals surface area contributed by atoms with E-state index in [-0.39, 0.29) is 6.54 Å². The first-order valence-electron chi connectivity index (χ1n) is 6.79. The molecule has 114 valence electrons. The fourth-order valence-corrected chi connectivity index (χ4v) is 3.54. The lowest BCUT2D eigenvalue weighted by molar-refractivity contribution is 0.472. The lowest BCUT2D eigenvalue weighted by Gasteiger charge is -2.09. The molecule has 0 unspecified atom stereocenters. The van der Waals surface area contributed by atoms with E-state index in [2.05, 4.69) is 9.71 Å². The molecule has 0 saturated carbocycles. The molecule has 0 spiro atoms. The maximum atomic E-state index is 12.3. The molecule has 1 aromatic heterocycles. The van der Waals surface area contributed by atoms with Crippen LogP contribution in [0.25, 0.3) is 0 Å². The van der Waals surface area contributed by atoms with E-state index in [1.807, 2.05) is 26.0 Å². The topological polar surface area (TPSA) is 72.2 Å². The molecule has 0 bridgehead atoms. The highest BCUT2D eigenvalue weighted by molar-refractivity contribution is 7.89. The zero-order valence-electron chi connectivity index (χ0n) is 12.7. The third kappa shape index (κ3) is 3.71. The van der Waals surface area contributed by atoms with Crippen molar-refractivity contribution in [1.29, 1.82) is 0 Å². The van der Waals surface area contributed by atoms with Gasteiger partial charge in [-0.25, -0.2) is 18.1 Å². The van der Waals surface area contributed by atoms with Gasteiger partial charge in [0, 0.05) is 19.9 Å². The Kier molecular flexibility index (Phi) is 4.49. The van der Waals surface area contributed by atoms with Crippen LogP contribution in [0.15, 0.2) is 27.5 Å². The Bertz CT molecular complexity index is 748.